The number of carbonyl (C=O) groups is 2. The van der Waals surface area contributed by atoms with Crippen LogP contribution in [0, 0.1) is 20.8 Å². The fourth-order valence-electron chi connectivity index (χ4n) is 4.53. The van der Waals surface area contributed by atoms with Gasteiger partial charge in [-0.2, -0.15) is 18.3 Å². The zero-order chi connectivity index (χ0) is 29.9. The number of hydrogen-bond acceptors (Lipinski definition) is 4. The Kier molecular flexibility index (Phi) is 8.51. The number of anilines is 1. The van der Waals surface area contributed by atoms with Crippen LogP contribution in [0.2, 0.25) is 0 Å². The highest BCUT2D eigenvalue weighted by Gasteiger charge is 2.30. The normalized spacial score (nSPS) is 12.1. The van der Waals surface area contributed by atoms with E-state index in [9.17, 15) is 22.8 Å². The number of aromatic nitrogens is 2. The molecule has 0 saturated carbocycles. The van der Waals surface area contributed by atoms with Crippen LogP contribution in [0.25, 0.3) is 0 Å². The molecule has 1 aromatic heterocycles. The molecule has 1 heterocycles. The van der Waals surface area contributed by atoms with Gasteiger partial charge in [0.1, 0.15) is 12.4 Å². The standard InChI is InChI=1S/C31H31F3N4O3/c1-18-15-26(31(32,33)34)13-14-27(18)41-17-22-9-11-23(12-10-22)30(40)36-28-19(2)37-38(21(28)4)20(3)24-7-6-8-25(16-24)29(39)35-5/h6-16,20H,17H2,1-5H3,(H,35,39)(H,36,40). The second-order valence-electron chi connectivity index (χ2n) is 9.79. The third kappa shape index (κ3) is 6.59. The van der Waals surface area contributed by atoms with Crippen molar-refractivity contribution in [2.45, 2.75) is 46.5 Å². The second kappa shape index (κ2) is 11.9. The molecule has 4 rings (SSSR count). The predicted octanol–water partition coefficient (Wildman–Crippen LogP) is 6.63. The molecule has 214 valence electrons. The van der Waals surface area contributed by atoms with E-state index in [1.165, 1.54) is 6.07 Å². The molecule has 41 heavy (non-hydrogen) atoms. The Balaban J connectivity index is 1.43. The number of hydrogen-bond donors (Lipinski definition) is 2. The zero-order valence-corrected chi connectivity index (χ0v) is 23.4. The number of aryl methyl sites for hydroxylation is 2. The van der Waals surface area contributed by atoms with E-state index < -0.39 is 11.7 Å². The van der Waals surface area contributed by atoms with Gasteiger partial charge in [0, 0.05) is 18.2 Å². The van der Waals surface area contributed by atoms with E-state index in [0.717, 1.165) is 29.0 Å². The monoisotopic (exact) mass is 564 g/mol. The molecular formula is C31H31F3N4O3. The lowest BCUT2D eigenvalue weighted by Crippen LogP contribution is -2.18. The molecule has 0 bridgehead atoms. The average molecular weight is 565 g/mol. The first kappa shape index (κ1) is 29.4. The third-order valence-corrected chi connectivity index (χ3v) is 6.90. The van der Waals surface area contributed by atoms with Crippen LogP contribution in [0.4, 0.5) is 18.9 Å². The fraction of sp³-hybridized carbons (Fsp3) is 0.258. The van der Waals surface area contributed by atoms with Gasteiger partial charge in [-0.05, 0) is 86.8 Å². The number of amides is 2. The second-order valence-corrected chi connectivity index (χ2v) is 9.79. The number of benzene rings is 3. The van der Waals surface area contributed by atoms with E-state index >= 15 is 0 Å². The van der Waals surface area contributed by atoms with Crippen LogP contribution in [0.3, 0.4) is 0 Å². The van der Waals surface area contributed by atoms with Crippen LogP contribution in [-0.2, 0) is 12.8 Å². The van der Waals surface area contributed by atoms with Gasteiger partial charge < -0.3 is 15.4 Å². The SMILES string of the molecule is CNC(=O)c1cccc(C(C)n2nc(C)c(NC(=O)c3ccc(COc4ccc(C(F)(F)F)cc4C)cc3)c2C)c1. The average Bonchev–Trinajstić information content (AvgIpc) is 3.23. The number of rotatable bonds is 8. The van der Waals surface area contributed by atoms with Gasteiger partial charge in [-0.25, -0.2) is 0 Å². The van der Waals surface area contributed by atoms with Gasteiger partial charge in [0.15, 0.2) is 0 Å². The zero-order valence-electron chi connectivity index (χ0n) is 23.4. The Labute approximate surface area is 236 Å². The fourth-order valence-corrected chi connectivity index (χ4v) is 4.53. The van der Waals surface area contributed by atoms with Gasteiger partial charge in [0.05, 0.1) is 28.7 Å². The van der Waals surface area contributed by atoms with Crippen molar-refractivity contribution in [1.82, 2.24) is 15.1 Å². The van der Waals surface area contributed by atoms with Gasteiger partial charge in [0.2, 0.25) is 0 Å². The first-order valence-electron chi connectivity index (χ1n) is 13.0. The molecule has 0 radical (unpaired) electrons. The molecule has 1 unspecified atom stereocenters. The smallest absolute Gasteiger partial charge is 0.416 e. The van der Waals surface area contributed by atoms with Crippen LogP contribution >= 0.6 is 0 Å². The van der Waals surface area contributed by atoms with Crippen molar-refractivity contribution in [2.24, 2.45) is 0 Å². The number of ether oxygens (including phenoxy) is 1. The highest BCUT2D eigenvalue weighted by molar-refractivity contribution is 6.04. The van der Waals surface area contributed by atoms with Gasteiger partial charge in [-0.3, -0.25) is 14.3 Å². The minimum Gasteiger partial charge on any atom is -0.489 e. The summed E-state index contributed by atoms with van der Waals surface area (Å²) in [5.41, 5.74) is 4.33. The van der Waals surface area contributed by atoms with E-state index in [1.54, 1.807) is 44.3 Å². The molecule has 2 N–H and O–H groups in total. The summed E-state index contributed by atoms with van der Waals surface area (Å²) in [5.74, 6) is -0.124. The minimum absolute atomic E-state index is 0.137. The van der Waals surface area contributed by atoms with Crippen molar-refractivity contribution in [3.8, 4) is 5.75 Å². The lowest BCUT2D eigenvalue weighted by Gasteiger charge is -2.16. The summed E-state index contributed by atoms with van der Waals surface area (Å²) in [4.78, 5) is 25.1. The summed E-state index contributed by atoms with van der Waals surface area (Å²) >= 11 is 0. The van der Waals surface area contributed by atoms with E-state index in [1.807, 2.05) is 43.7 Å². The largest absolute Gasteiger partial charge is 0.489 e. The lowest BCUT2D eigenvalue weighted by molar-refractivity contribution is -0.137. The Morgan fingerprint density at radius 2 is 1.66 bits per heavy atom. The number of carbonyl (C=O) groups excluding carboxylic acids is 2. The molecule has 1 atom stereocenters. The van der Waals surface area contributed by atoms with Crippen molar-refractivity contribution in [2.75, 3.05) is 12.4 Å². The molecule has 0 aliphatic rings. The van der Waals surface area contributed by atoms with E-state index in [4.69, 9.17) is 4.74 Å². The molecule has 2 amide bonds. The molecule has 3 aromatic carbocycles. The quantitative estimate of drug-likeness (QED) is 0.252. The van der Waals surface area contributed by atoms with Gasteiger partial charge in [0.25, 0.3) is 11.8 Å². The minimum atomic E-state index is -4.41. The summed E-state index contributed by atoms with van der Waals surface area (Å²) < 4.78 is 46.2. The Bertz CT molecular complexity index is 1580. The molecule has 7 nitrogen and oxygen atoms in total. The van der Waals surface area contributed by atoms with Gasteiger partial charge >= 0.3 is 6.18 Å². The third-order valence-electron chi connectivity index (χ3n) is 6.90. The van der Waals surface area contributed by atoms with E-state index in [-0.39, 0.29) is 24.5 Å². The molecule has 0 aliphatic heterocycles. The van der Waals surface area contributed by atoms with Crippen molar-refractivity contribution < 1.29 is 27.5 Å². The lowest BCUT2D eigenvalue weighted by atomic mass is 10.0. The van der Waals surface area contributed by atoms with Crippen molar-refractivity contribution in [1.29, 1.82) is 0 Å². The van der Waals surface area contributed by atoms with E-state index in [2.05, 4.69) is 15.7 Å². The van der Waals surface area contributed by atoms with Crippen LogP contribution in [-0.4, -0.2) is 28.6 Å². The molecule has 0 aliphatic carbocycles. The number of nitrogens with one attached hydrogen (secondary N) is 2. The summed E-state index contributed by atoms with van der Waals surface area (Å²) in [6.07, 6.45) is -4.41. The summed E-state index contributed by atoms with van der Waals surface area (Å²) in [7, 11) is 1.58. The van der Waals surface area contributed by atoms with E-state index in [0.29, 0.717) is 33.8 Å². The summed E-state index contributed by atoms with van der Waals surface area (Å²) in [6, 6.07) is 17.3. The van der Waals surface area contributed by atoms with Crippen molar-refractivity contribution in [3.05, 3.63) is 111 Å². The number of nitrogens with zero attached hydrogens (tertiary/aromatic N) is 2. The Morgan fingerprint density at radius 1 is 0.951 bits per heavy atom. The van der Waals surface area contributed by atoms with Gasteiger partial charge in [-0.1, -0.05) is 24.3 Å². The van der Waals surface area contributed by atoms with Crippen molar-refractivity contribution >= 4 is 17.5 Å². The summed E-state index contributed by atoms with van der Waals surface area (Å²) in [5, 5.41) is 10.2. The van der Waals surface area contributed by atoms with Crippen LogP contribution in [0.5, 0.6) is 5.75 Å². The maximum atomic E-state index is 13.1. The van der Waals surface area contributed by atoms with Gasteiger partial charge in [-0.15, -0.1) is 0 Å². The Morgan fingerprint density at radius 3 is 2.29 bits per heavy atom. The van der Waals surface area contributed by atoms with Crippen LogP contribution < -0.4 is 15.4 Å². The molecule has 0 saturated heterocycles. The summed E-state index contributed by atoms with van der Waals surface area (Å²) in [6.45, 7) is 7.36. The molecule has 0 spiro atoms. The molecule has 0 fully saturated rings. The first-order chi connectivity index (χ1) is 19.4. The van der Waals surface area contributed by atoms with Crippen LogP contribution in [0.15, 0.2) is 66.7 Å². The first-order valence-corrected chi connectivity index (χ1v) is 13.0. The maximum absolute atomic E-state index is 13.1. The molecule has 4 aromatic rings. The highest BCUT2D eigenvalue weighted by atomic mass is 19.4. The highest BCUT2D eigenvalue weighted by Crippen LogP contribution is 2.32. The van der Waals surface area contributed by atoms with Crippen molar-refractivity contribution in [3.63, 3.8) is 0 Å². The molecular weight excluding hydrogens is 533 g/mol. The number of alkyl halides is 3. The Hall–Kier alpha value is -4.60. The van der Waals surface area contributed by atoms with Crippen LogP contribution in [0.1, 0.15) is 67.3 Å². The topological polar surface area (TPSA) is 85.3 Å². The predicted molar refractivity (Wildman–Crippen MR) is 150 cm³/mol. The number of halogens is 3. The maximum Gasteiger partial charge on any atom is 0.416 e. The molecule has 10 heteroatoms.